The Morgan fingerprint density at radius 1 is 1.33 bits per heavy atom. The molecule has 1 rings (SSSR count). The number of carboxylic acid groups (broad SMARTS) is 1. The summed E-state index contributed by atoms with van der Waals surface area (Å²) in [5.41, 5.74) is -0.0971. The van der Waals surface area contributed by atoms with Gasteiger partial charge < -0.3 is 5.11 Å². The molecule has 100 valence electrons. The van der Waals surface area contributed by atoms with E-state index in [1.54, 1.807) is 13.8 Å². The van der Waals surface area contributed by atoms with E-state index < -0.39 is 21.1 Å². The largest absolute Gasteiger partial charge is 0.478 e. The third kappa shape index (κ3) is 2.84. The zero-order valence-corrected chi connectivity index (χ0v) is 11.8. The van der Waals surface area contributed by atoms with Gasteiger partial charge in [-0.05, 0) is 31.0 Å². The van der Waals surface area contributed by atoms with Crippen molar-refractivity contribution in [3.05, 3.63) is 28.8 Å². The molecule has 0 fully saturated rings. The first kappa shape index (κ1) is 15.0. The summed E-state index contributed by atoms with van der Waals surface area (Å²) in [6.07, 6.45) is 1.02. The fourth-order valence-electron chi connectivity index (χ4n) is 1.77. The molecular weight excluding hydrogens is 276 g/mol. The highest BCUT2D eigenvalue weighted by Crippen LogP contribution is 2.25. The van der Waals surface area contributed by atoms with E-state index in [0.29, 0.717) is 12.8 Å². The second-order valence-electron chi connectivity index (χ2n) is 3.93. The van der Waals surface area contributed by atoms with Gasteiger partial charge in [0.25, 0.3) is 0 Å². The van der Waals surface area contributed by atoms with Crippen LogP contribution in [0.15, 0.2) is 23.1 Å². The van der Waals surface area contributed by atoms with Crippen LogP contribution in [0.1, 0.15) is 37.0 Å². The summed E-state index contributed by atoms with van der Waals surface area (Å²) >= 11 is 5.78. The van der Waals surface area contributed by atoms with Crippen molar-refractivity contribution in [1.29, 1.82) is 0 Å². The van der Waals surface area contributed by atoms with Crippen LogP contribution in [0.4, 0.5) is 0 Å². The first-order chi connectivity index (χ1) is 8.34. The lowest BCUT2D eigenvalue weighted by atomic mass is 10.2. The molecular formula is C12H15ClO4S. The summed E-state index contributed by atoms with van der Waals surface area (Å²) in [5, 5.41) is 8.30. The van der Waals surface area contributed by atoms with Gasteiger partial charge in [0.2, 0.25) is 0 Å². The van der Waals surface area contributed by atoms with Gasteiger partial charge in [-0.2, -0.15) is 0 Å². The Labute approximate surface area is 112 Å². The fraction of sp³-hybridized carbons (Fsp3) is 0.417. The molecule has 1 N–H and O–H groups in total. The molecule has 0 unspecified atom stereocenters. The van der Waals surface area contributed by atoms with Gasteiger partial charge in [0, 0.05) is 0 Å². The van der Waals surface area contributed by atoms with E-state index >= 15 is 0 Å². The molecule has 0 spiro atoms. The molecule has 4 nitrogen and oxygen atoms in total. The number of carboxylic acids is 1. The predicted molar refractivity (Wildman–Crippen MR) is 70.0 cm³/mol. The summed E-state index contributed by atoms with van der Waals surface area (Å²) in [7, 11) is -3.44. The van der Waals surface area contributed by atoms with Gasteiger partial charge in [0.05, 0.1) is 20.7 Å². The molecule has 0 atom stereocenters. The van der Waals surface area contributed by atoms with Crippen molar-refractivity contribution in [2.45, 2.75) is 36.8 Å². The minimum atomic E-state index is -3.44. The third-order valence-electron chi connectivity index (χ3n) is 2.85. The van der Waals surface area contributed by atoms with E-state index in [4.69, 9.17) is 16.7 Å². The van der Waals surface area contributed by atoms with Crippen LogP contribution in [-0.4, -0.2) is 24.7 Å². The Kier molecular flexibility index (Phi) is 4.76. The summed E-state index contributed by atoms with van der Waals surface area (Å²) in [4.78, 5) is 10.9. The van der Waals surface area contributed by atoms with E-state index in [2.05, 4.69) is 0 Å². The Balaban J connectivity index is 3.27. The quantitative estimate of drug-likeness (QED) is 0.905. The number of halogens is 1. The van der Waals surface area contributed by atoms with Crippen molar-refractivity contribution < 1.29 is 18.3 Å². The average molecular weight is 291 g/mol. The van der Waals surface area contributed by atoms with Crippen LogP contribution < -0.4 is 0 Å². The summed E-state index contributed by atoms with van der Waals surface area (Å²) in [5.74, 6) is -1.17. The van der Waals surface area contributed by atoms with Crippen molar-refractivity contribution in [2.75, 3.05) is 0 Å². The van der Waals surface area contributed by atoms with Crippen molar-refractivity contribution in [2.24, 2.45) is 0 Å². The molecule has 0 saturated heterocycles. The first-order valence-electron chi connectivity index (χ1n) is 5.61. The van der Waals surface area contributed by atoms with Gasteiger partial charge in [-0.1, -0.05) is 25.4 Å². The van der Waals surface area contributed by atoms with Crippen LogP contribution in [0.25, 0.3) is 0 Å². The van der Waals surface area contributed by atoms with Crippen LogP contribution >= 0.6 is 11.6 Å². The highest BCUT2D eigenvalue weighted by molar-refractivity contribution is 7.92. The van der Waals surface area contributed by atoms with Gasteiger partial charge in [-0.15, -0.1) is 0 Å². The van der Waals surface area contributed by atoms with E-state index in [-0.39, 0.29) is 15.5 Å². The number of sulfone groups is 1. The molecule has 0 heterocycles. The fourth-order valence-corrected chi connectivity index (χ4v) is 3.89. The molecule has 0 amide bonds. The standard InChI is InChI=1S/C12H15ClO4S/c1-3-8(4-2)18(16,17)9-5-6-10(12(14)15)11(13)7-9/h5-8H,3-4H2,1-2H3,(H,14,15). The Morgan fingerprint density at radius 2 is 1.89 bits per heavy atom. The molecule has 0 aliphatic carbocycles. The lowest BCUT2D eigenvalue weighted by Crippen LogP contribution is -2.20. The highest BCUT2D eigenvalue weighted by Gasteiger charge is 2.25. The van der Waals surface area contributed by atoms with Gasteiger partial charge in [-0.25, -0.2) is 13.2 Å². The molecule has 1 aromatic rings. The summed E-state index contributed by atoms with van der Waals surface area (Å²) in [6.45, 7) is 3.61. The lowest BCUT2D eigenvalue weighted by Gasteiger charge is -2.14. The molecule has 0 aromatic heterocycles. The van der Waals surface area contributed by atoms with E-state index in [1.807, 2.05) is 0 Å². The topological polar surface area (TPSA) is 71.4 Å². The average Bonchev–Trinajstić information content (AvgIpc) is 2.29. The third-order valence-corrected chi connectivity index (χ3v) is 5.62. The molecule has 0 bridgehead atoms. The summed E-state index contributed by atoms with van der Waals surface area (Å²) < 4.78 is 24.4. The Bertz CT molecular complexity index is 547. The van der Waals surface area contributed by atoms with Crippen molar-refractivity contribution in [3.63, 3.8) is 0 Å². The zero-order chi connectivity index (χ0) is 13.9. The number of carbonyl (C=O) groups is 1. The SMILES string of the molecule is CCC(CC)S(=O)(=O)c1ccc(C(=O)O)c(Cl)c1. The second-order valence-corrected chi connectivity index (χ2v) is 6.57. The number of benzene rings is 1. The second kappa shape index (κ2) is 5.71. The number of rotatable bonds is 5. The molecule has 0 aliphatic heterocycles. The molecule has 0 saturated carbocycles. The maximum atomic E-state index is 12.2. The first-order valence-corrected chi connectivity index (χ1v) is 7.53. The Morgan fingerprint density at radius 3 is 2.28 bits per heavy atom. The number of hydrogen-bond donors (Lipinski definition) is 1. The lowest BCUT2D eigenvalue weighted by molar-refractivity contribution is 0.0697. The maximum Gasteiger partial charge on any atom is 0.337 e. The van der Waals surface area contributed by atoms with Crippen LogP contribution in [0.2, 0.25) is 5.02 Å². The number of hydrogen-bond acceptors (Lipinski definition) is 3. The van der Waals surface area contributed by atoms with Crippen LogP contribution in [-0.2, 0) is 9.84 Å². The minimum Gasteiger partial charge on any atom is -0.478 e. The Hall–Kier alpha value is -1.07. The van der Waals surface area contributed by atoms with Gasteiger partial charge >= 0.3 is 5.97 Å². The van der Waals surface area contributed by atoms with Crippen LogP contribution in [0.5, 0.6) is 0 Å². The van der Waals surface area contributed by atoms with Gasteiger partial charge in [-0.3, -0.25) is 0 Å². The normalized spacial score (nSPS) is 11.8. The van der Waals surface area contributed by atoms with E-state index in [1.165, 1.54) is 18.2 Å². The molecule has 1 aromatic carbocycles. The molecule has 0 aliphatic rings. The molecule has 6 heteroatoms. The van der Waals surface area contributed by atoms with Gasteiger partial charge in [0.1, 0.15) is 0 Å². The zero-order valence-electron chi connectivity index (χ0n) is 10.2. The van der Waals surface area contributed by atoms with E-state index in [0.717, 1.165) is 0 Å². The molecule has 18 heavy (non-hydrogen) atoms. The highest BCUT2D eigenvalue weighted by atomic mass is 35.5. The minimum absolute atomic E-state index is 0.0606. The van der Waals surface area contributed by atoms with Crippen molar-refractivity contribution >= 4 is 27.4 Å². The van der Waals surface area contributed by atoms with Gasteiger partial charge in [0.15, 0.2) is 9.84 Å². The van der Waals surface area contributed by atoms with Crippen molar-refractivity contribution in [1.82, 2.24) is 0 Å². The van der Waals surface area contributed by atoms with Crippen LogP contribution in [0.3, 0.4) is 0 Å². The smallest absolute Gasteiger partial charge is 0.337 e. The molecule has 0 radical (unpaired) electrons. The van der Waals surface area contributed by atoms with E-state index in [9.17, 15) is 13.2 Å². The maximum absolute atomic E-state index is 12.2. The monoisotopic (exact) mass is 290 g/mol. The van der Waals surface area contributed by atoms with Crippen LogP contribution in [0, 0.1) is 0 Å². The number of aromatic carboxylic acids is 1. The van der Waals surface area contributed by atoms with Crippen molar-refractivity contribution in [3.8, 4) is 0 Å². The summed E-state index contributed by atoms with van der Waals surface area (Å²) in [6, 6.07) is 3.72. The predicted octanol–water partition coefficient (Wildman–Crippen LogP) is 3.00.